The molecule has 2 aromatic heterocycles. The molecule has 142 valence electrons. The van der Waals surface area contributed by atoms with E-state index in [4.69, 9.17) is 4.84 Å². The van der Waals surface area contributed by atoms with Crippen molar-refractivity contribution in [1.82, 2.24) is 24.8 Å². The summed E-state index contributed by atoms with van der Waals surface area (Å²) in [5.74, 6) is 1.20. The predicted molar refractivity (Wildman–Crippen MR) is 100 cm³/mol. The molecular formula is C18H17N7O3. The van der Waals surface area contributed by atoms with E-state index in [0.29, 0.717) is 34.3 Å². The maximum Gasteiger partial charge on any atom is 0.270 e. The number of hydrogen-bond donors (Lipinski definition) is 0. The Labute approximate surface area is 160 Å². The van der Waals surface area contributed by atoms with Gasteiger partial charge in [-0.1, -0.05) is 6.07 Å². The highest BCUT2D eigenvalue weighted by atomic mass is 16.7. The van der Waals surface area contributed by atoms with Crippen LogP contribution in [0.15, 0.2) is 47.6 Å². The van der Waals surface area contributed by atoms with Crippen molar-refractivity contribution in [2.75, 3.05) is 14.1 Å². The Kier molecular flexibility index (Phi) is 4.63. The summed E-state index contributed by atoms with van der Waals surface area (Å²) in [5, 5.41) is 21.4. The van der Waals surface area contributed by atoms with Crippen LogP contribution in [0.3, 0.4) is 0 Å². The summed E-state index contributed by atoms with van der Waals surface area (Å²) >= 11 is 0. The first kappa shape index (κ1) is 17.9. The Balaban J connectivity index is 1.90. The van der Waals surface area contributed by atoms with Crippen LogP contribution < -0.4 is 0 Å². The van der Waals surface area contributed by atoms with Gasteiger partial charge in [-0.3, -0.25) is 29.5 Å². The highest BCUT2D eigenvalue weighted by Crippen LogP contribution is 2.28. The zero-order chi connectivity index (χ0) is 19.7. The van der Waals surface area contributed by atoms with Gasteiger partial charge in [0.25, 0.3) is 5.69 Å². The summed E-state index contributed by atoms with van der Waals surface area (Å²) in [6.07, 6.45) is 1.66. The van der Waals surface area contributed by atoms with E-state index in [-0.39, 0.29) is 18.8 Å². The Bertz CT molecular complexity index is 1060. The van der Waals surface area contributed by atoms with E-state index in [9.17, 15) is 10.1 Å². The maximum atomic E-state index is 11.3. The molecule has 0 amide bonds. The fraction of sp³-hybridized carbons (Fsp3) is 0.222. The fourth-order valence-electron chi connectivity index (χ4n) is 2.99. The minimum Gasteiger partial charge on any atom is -0.291 e. The standard InChI is InChI=1S/C18H17N7O3/c1-23(2)28-11-17-22-21-16-10-20-18(14-5-3-4-8-19-14)13-9-12(25(26)27)6-7-15(13)24(16)17/h3-9H,10-11H2,1-2H3. The van der Waals surface area contributed by atoms with Crippen LogP contribution in [0, 0.1) is 10.1 Å². The molecule has 0 atom stereocenters. The Morgan fingerprint density at radius 1 is 1.25 bits per heavy atom. The largest absolute Gasteiger partial charge is 0.291 e. The van der Waals surface area contributed by atoms with Gasteiger partial charge in [0.1, 0.15) is 13.2 Å². The van der Waals surface area contributed by atoms with E-state index in [2.05, 4.69) is 20.2 Å². The number of non-ortho nitro benzene ring substituents is 1. The van der Waals surface area contributed by atoms with Gasteiger partial charge in [0, 0.05) is 38.0 Å². The molecule has 10 nitrogen and oxygen atoms in total. The molecule has 28 heavy (non-hydrogen) atoms. The average Bonchev–Trinajstić information content (AvgIpc) is 3.02. The highest BCUT2D eigenvalue weighted by molar-refractivity contribution is 6.14. The number of nitrogens with zero attached hydrogens (tertiary/aromatic N) is 7. The van der Waals surface area contributed by atoms with Crippen LogP contribution in [0.25, 0.3) is 5.69 Å². The van der Waals surface area contributed by atoms with E-state index in [1.807, 2.05) is 16.7 Å². The number of fused-ring (bicyclic) bond motifs is 3. The second-order valence-electron chi connectivity index (χ2n) is 6.29. The molecule has 0 spiro atoms. The third-order valence-electron chi connectivity index (χ3n) is 4.22. The second-order valence-corrected chi connectivity index (χ2v) is 6.29. The molecular weight excluding hydrogens is 362 g/mol. The first-order valence-corrected chi connectivity index (χ1v) is 8.53. The Morgan fingerprint density at radius 2 is 2.11 bits per heavy atom. The first-order valence-electron chi connectivity index (χ1n) is 8.53. The molecule has 10 heteroatoms. The average molecular weight is 379 g/mol. The number of aromatic nitrogens is 4. The predicted octanol–water partition coefficient (Wildman–Crippen LogP) is 1.91. The lowest BCUT2D eigenvalue weighted by Crippen LogP contribution is -2.16. The molecule has 1 aliphatic heterocycles. The number of hydrogen-bond acceptors (Lipinski definition) is 8. The fourth-order valence-corrected chi connectivity index (χ4v) is 2.99. The van der Waals surface area contributed by atoms with Gasteiger partial charge in [-0.2, -0.15) is 5.06 Å². The number of nitro benzene ring substituents is 1. The number of nitro groups is 1. The summed E-state index contributed by atoms with van der Waals surface area (Å²) in [7, 11) is 3.55. The Hall–Kier alpha value is -3.50. The van der Waals surface area contributed by atoms with Crippen molar-refractivity contribution in [3.63, 3.8) is 0 Å². The molecule has 0 N–H and O–H groups in total. The number of benzene rings is 1. The lowest BCUT2D eigenvalue weighted by atomic mass is 10.0. The van der Waals surface area contributed by atoms with Crippen LogP contribution in [-0.2, 0) is 18.0 Å². The third kappa shape index (κ3) is 3.26. The van der Waals surface area contributed by atoms with Crippen molar-refractivity contribution >= 4 is 11.4 Å². The highest BCUT2D eigenvalue weighted by Gasteiger charge is 2.25. The zero-order valence-electron chi connectivity index (χ0n) is 15.3. The molecule has 0 aliphatic carbocycles. The smallest absolute Gasteiger partial charge is 0.270 e. The van der Waals surface area contributed by atoms with Crippen molar-refractivity contribution in [3.05, 3.63) is 75.6 Å². The Morgan fingerprint density at radius 3 is 2.82 bits per heavy atom. The number of aliphatic imine (C=N–C) groups is 1. The van der Waals surface area contributed by atoms with E-state index in [1.54, 1.807) is 37.5 Å². The van der Waals surface area contributed by atoms with E-state index in [1.165, 1.54) is 12.1 Å². The summed E-state index contributed by atoms with van der Waals surface area (Å²) in [4.78, 5) is 25.5. The van der Waals surface area contributed by atoms with Gasteiger partial charge in [-0.05, 0) is 18.2 Å². The lowest BCUT2D eigenvalue weighted by Gasteiger charge is -2.14. The topological polar surface area (TPSA) is 112 Å². The minimum atomic E-state index is -0.426. The molecule has 0 saturated carbocycles. The molecule has 0 radical (unpaired) electrons. The third-order valence-corrected chi connectivity index (χ3v) is 4.22. The van der Waals surface area contributed by atoms with Gasteiger partial charge in [-0.15, -0.1) is 10.2 Å². The molecule has 0 bridgehead atoms. The molecule has 4 rings (SSSR count). The summed E-state index contributed by atoms with van der Waals surface area (Å²) in [6, 6.07) is 10.1. The zero-order valence-corrected chi connectivity index (χ0v) is 15.3. The van der Waals surface area contributed by atoms with Crippen molar-refractivity contribution < 1.29 is 9.76 Å². The summed E-state index contributed by atoms with van der Waals surface area (Å²) < 4.78 is 1.84. The summed E-state index contributed by atoms with van der Waals surface area (Å²) in [6.45, 7) is 0.471. The van der Waals surface area contributed by atoms with E-state index >= 15 is 0 Å². The van der Waals surface area contributed by atoms with Crippen LogP contribution in [-0.4, -0.2) is 49.5 Å². The van der Waals surface area contributed by atoms with Crippen LogP contribution in [0.1, 0.15) is 22.9 Å². The minimum absolute atomic E-state index is 0.0232. The van der Waals surface area contributed by atoms with Crippen LogP contribution in [0.2, 0.25) is 0 Å². The number of rotatable bonds is 5. The second kappa shape index (κ2) is 7.25. The van der Waals surface area contributed by atoms with Crippen molar-refractivity contribution in [3.8, 4) is 5.69 Å². The van der Waals surface area contributed by atoms with Gasteiger partial charge in [0.15, 0.2) is 11.6 Å². The van der Waals surface area contributed by atoms with Crippen molar-refractivity contribution in [2.45, 2.75) is 13.2 Å². The van der Waals surface area contributed by atoms with E-state index in [0.717, 1.165) is 0 Å². The van der Waals surface area contributed by atoms with Crippen LogP contribution >= 0.6 is 0 Å². The van der Waals surface area contributed by atoms with Crippen molar-refractivity contribution in [1.29, 1.82) is 0 Å². The van der Waals surface area contributed by atoms with Crippen LogP contribution in [0.5, 0.6) is 0 Å². The summed E-state index contributed by atoms with van der Waals surface area (Å²) in [5.41, 5.74) is 2.48. The monoisotopic (exact) mass is 379 g/mol. The normalized spacial score (nSPS) is 12.9. The molecule has 0 fully saturated rings. The quantitative estimate of drug-likeness (QED) is 0.492. The van der Waals surface area contributed by atoms with Gasteiger partial charge < -0.3 is 0 Å². The number of hydroxylamine groups is 2. The van der Waals surface area contributed by atoms with Gasteiger partial charge in [-0.25, -0.2) is 0 Å². The van der Waals surface area contributed by atoms with Crippen molar-refractivity contribution in [2.24, 2.45) is 4.99 Å². The molecule has 1 aliphatic rings. The van der Waals surface area contributed by atoms with Gasteiger partial charge in [0.2, 0.25) is 0 Å². The molecule has 3 aromatic rings. The first-order chi connectivity index (χ1) is 13.5. The molecule has 3 heterocycles. The van der Waals surface area contributed by atoms with Gasteiger partial charge >= 0.3 is 0 Å². The number of pyridine rings is 1. The van der Waals surface area contributed by atoms with Crippen LogP contribution in [0.4, 0.5) is 5.69 Å². The molecule has 1 aromatic carbocycles. The lowest BCUT2D eigenvalue weighted by molar-refractivity contribution is -0.384. The van der Waals surface area contributed by atoms with Gasteiger partial charge in [0.05, 0.1) is 22.0 Å². The molecule has 0 saturated heterocycles. The van der Waals surface area contributed by atoms with E-state index < -0.39 is 4.92 Å². The maximum absolute atomic E-state index is 11.3. The SMILES string of the molecule is CN(C)OCc1nnc2n1-c1ccc([N+](=O)[O-])cc1C(c1ccccn1)=NC2. The molecule has 0 unspecified atom stereocenters.